The number of thioether (sulfide) groups is 1. The number of rotatable bonds is 10. The van der Waals surface area contributed by atoms with Crippen LogP contribution in [0.4, 0.5) is 5.13 Å². The molecule has 1 aromatic heterocycles. The van der Waals surface area contributed by atoms with E-state index in [4.69, 9.17) is 4.98 Å². The fourth-order valence-electron chi connectivity index (χ4n) is 2.08. The molecule has 0 bridgehead atoms. The van der Waals surface area contributed by atoms with Crippen molar-refractivity contribution in [2.75, 3.05) is 30.5 Å². The van der Waals surface area contributed by atoms with Gasteiger partial charge in [-0.1, -0.05) is 20.8 Å². The molecule has 5 heteroatoms. The second-order valence-corrected chi connectivity index (χ2v) is 8.03. The van der Waals surface area contributed by atoms with Crippen molar-refractivity contribution >= 4 is 28.2 Å². The first-order valence-corrected chi connectivity index (χ1v) is 10.1. The molecule has 1 aromatic rings. The SMILES string of the molecule is CCc1nc(N(C)C(C)CCSC)sc1CNCC(C)C. The number of hydrogen-bond acceptors (Lipinski definition) is 5. The van der Waals surface area contributed by atoms with Crippen LogP contribution in [-0.2, 0) is 13.0 Å². The van der Waals surface area contributed by atoms with Gasteiger partial charge in [0.05, 0.1) is 5.69 Å². The number of nitrogens with one attached hydrogen (secondary N) is 1. The van der Waals surface area contributed by atoms with Gasteiger partial charge in [0.1, 0.15) is 0 Å². The molecule has 0 spiro atoms. The van der Waals surface area contributed by atoms with Gasteiger partial charge in [-0.3, -0.25) is 0 Å². The summed E-state index contributed by atoms with van der Waals surface area (Å²) in [6, 6.07) is 0.546. The van der Waals surface area contributed by atoms with Crippen LogP contribution >= 0.6 is 23.1 Å². The second-order valence-electron chi connectivity index (χ2n) is 5.99. The molecule has 1 N–H and O–H groups in total. The Hall–Kier alpha value is -0.260. The number of anilines is 1. The summed E-state index contributed by atoms with van der Waals surface area (Å²) in [5.74, 6) is 1.90. The Balaban J connectivity index is 2.68. The number of hydrogen-bond donors (Lipinski definition) is 1. The van der Waals surface area contributed by atoms with Crippen LogP contribution in [0.5, 0.6) is 0 Å². The summed E-state index contributed by atoms with van der Waals surface area (Å²) in [7, 11) is 2.18. The van der Waals surface area contributed by atoms with Gasteiger partial charge in [0.25, 0.3) is 0 Å². The van der Waals surface area contributed by atoms with E-state index in [9.17, 15) is 0 Å². The number of nitrogens with zero attached hydrogens (tertiary/aromatic N) is 2. The van der Waals surface area contributed by atoms with Crippen molar-refractivity contribution in [1.82, 2.24) is 10.3 Å². The van der Waals surface area contributed by atoms with Crippen molar-refractivity contribution in [3.63, 3.8) is 0 Å². The maximum Gasteiger partial charge on any atom is 0.185 e. The predicted octanol–water partition coefficient (Wildman–Crippen LogP) is 4.03. The highest BCUT2D eigenvalue weighted by Crippen LogP contribution is 2.28. The highest BCUT2D eigenvalue weighted by molar-refractivity contribution is 7.98. The summed E-state index contributed by atoms with van der Waals surface area (Å²) in [5, 5.41) is 4.71. The fourth-order valence-corrected chi connectivity index (χ4v) is 3.84. The maximum atomic E-state index is 4.85. The Morgan fingerprint density at radius 3 is 2.62 bits per heavy atom. The Bertz CT molecular complexity index is 404. The molecule has 1 rings (SSSR count). The van der Waals surface area contributed by atoms with Gasteiger partial charge in [-0.05, 0) is 44.2 Å². The molecule has 0 aromatic carbocycles. The molecule has 21 heavy (non-hydrogen) atoms. The predicted molar refractivity (Wildman–Crippen MR) is 98.9 cm³/mol. The zero-order valence-corrected chi connectivity index (χ0v) is 16.0. The lowest BCUT2D eigenvalue weighted by atomic mass is 10.2. The van der Waals surface area contributed by atoms with Crippen LogP contribution in [0, 0.1) is 5.92 Å². The summed E-state index contributed by atoms with van der Waals surface area (Å²) >= 11 is 3.77. The van der Waals surface area contributed by atoms with Crippen molar-refractivity contribution in [3.8, 4) is 0 Å². The first-order valence-electron chi connectivity index (χ1n) is 7.90. The van der Waals surface area contributed by atoms with Crippen LogP contribution in [0.25, 0.3) is 0 Å². The van der Waals surface area contributed by atoms with Crippen molar-refractivity contribution in [2.45, 2.75) is 53.1 Å². The molecule has 0 aliphatic rings. The fraction of sp³-hybridized carbons (Fsp3) is 0.812. The molecule has 0 aliphatic carbocycles. The lowest BCUT2D eigenvalue weighted by molar-refractivity contribution is 0.553. The third-order valence-corrected chi connectivity index (χ3v) is 5.47. The summed E-state index contributed by atoms with van der Waals surface area (Å²) in [4.78, 5) is 8.59. The number of aromatic nitrogens is 1. The molecule has 1 heterocycles. The van der Waals surface area contributed by atoms with Crippen LogP contribution < -0.4 is 10.2 Å². The topological polar surface area (TPSA) is 28.2 Å². The Labute approximate surface area is 138 Å². The summed E-state index contributed by atoms with van der Waals surface area (Å²) in [6.45, 7) is 11.0. The largest absolute Gasteiger partial charge is 0.348 e. The minimum atomic E-state index is 0.546. The third-order valence-electron chi connectivity index (χ3n) is 3.64. The zero-order valence-electron chi connectivity index (χ0n) is 14.4. The van der Waals surface area contributed by atoms with Crippen LogP contribution in [-0.4, -0.2) is 36.6 Å². The van der Waals surface area contributed by atoms with Gasteiger partial charge in [0.15, 0.2) is 5.13 Å². The summed E-state index contributed by atoms with van der Waals surface area (Å²) in [6.07, 6.45) is 4.39. The molecule has 0 saturated heterocycles. The van der Waals surface area contributed by atoms with Crippen LogP contribution in [0.1, 0.15) is 44.7 Å². The van der Waals surface area contributed by atoms with Gasteiger partial charge in [-0.15, -0.1) is 11.3 Å². The molecule has 122 valence electrons. The van der Waals surface area contributed by atoms with Crippen LogP contribution in [0.3, 0.4) is 0 Å². The Morgan fingerprint density at radius 2 is 2.05 bits per heavy atom. The molecular weight excluding hydrogens is 298 g/mol. The Morgan fingerprint density at radius 1 is 1.33 bits per heavy atom. The standard InChI is InChI=1S/C16H31N3S2/c1-7-14-15(11-17-10-12(2)3)21-16(18-14)19(5)13(4)8-9-20-6/h12-13,17H,7-11H2,1-6H3. The van der Waals surface area contributed by atoms with E-state index >= 15 is 0 Å². The van der Waals surface area contributed by atoms with E-state index in [1.54, 1.807) is 0 Å². The smallest absolute Gasteiger partial charge is 0.185 e. The monoisotopic (exact) mass is 329 g/mol. The van der Waals surface area contributed by atoms with Crippen molar-refractivity contribution in [1.29, 1.82) is 0 Å². The van der Waals surface area contributed by atoms with Crippen LogP contribution in [0.15, 0.2) is 0 Å². The first-order chi connectivity index (χ1) is 9.99. The molecule has 0 amide bonds. The van der Waals surface area contributed by atoms with E-state index < -0.39 is 0 Å². The maximum absolute atomic E-state index is 4.85. The van der Waals surface area contributed by atoms with Gasteiger partial charge < -0.3 is 10.2 Å². The molecule has 0 saturated carbocycles. The molecule has 0 fully saturated rings. The molecule has 1 unspecified atom stereocenters. The zero-order chi connectivity index (χ0) is 15.8. The average molecular weight is 330 g/mol. The van der Waals surface area contributed by atoms with Gasteiger partial charge in [0.2, 0.25) is 0 Å². The van der Waals surface area contributed by atoms with Gasteiger partial charge in [-0.25, -0.2) is 4.98 Å². The minimum absolute atomic E-state index is 0.546. The Kier molecular flexibility index (Phi) is 8.67. The first kappa shape index (κ1) is 18.8. The van der Waals surface area contributed by atoms with E-state index in [2.05, 4.69) is 51.2 Å². The van der Waals surface area contributed by atoms with E-state index in [-0.39, 0.29) is 0 Å². The van der Waals surface area contributed by atoms with Gasteiger partial charge >= 0.3 is 0 Å². The summed E-state index contributed by atoms with van der Waals surface area (Å²) < 4.78 is 0. The minimum Gasteiger partial charge on any atom is -0.348 e. The molecule has 1 atom stereocenters. The second kappa shape index (κ2) is 9.70. The highest BCUT2D eigenvalue weighted by atomic mass is 32.2. The summed E-state index contributed by atoms with van der Waals surface area (Å²) in [5.41, 5.74) is 1.26. The molecule has 0 aliphatic heterocycles. The van der Waals surface area contributed by atoms with Gasteiger partial charge in [0, 0.05) is 24.5 Å². The van der Waals surface area contributed by atoms with Crippen molar-refractivity contribution in [2.24, 2.45) is 5.92 Å². The van der Waals surface area contributed by atoms with Gasteiger partial charge in [-0.2, -0.15) is 11.8 Å². The average Bonchev–Trinajstić information content (AvgIpc) is 2.86. The number of thiazole rings is 1. The third kappa shape index (κ3) is 6.17. The van der Waals surface area contributed by atoms with E-state index in [1.807, 2.05) is 23.1 Å². The van der Waals surface area contributed by atoms with E-state index in [0.29, 0.717) is 12.0 Å². The van der Waals surface area contributed by atoms with E-state index in [1.165, 1.54) is 27.9 Å². The lowest BCUT2D eigenvalue weighted by Gasteiger charge is -2.23. The highest BCUT2D eigenvalue weighted by Gasteiger charge is 2.16. The molecule has 0 radical (unpaired) electrons. The van der Waals surface area contributed by atoms with Crippen molar-refractivity contribution in [3.05, 3.63) is 10.6 Å². The normalized spacial score (nSPS) is 12.9. The van der Waals surface area contributed by atoms with Crippen molar-refractivity contribution < 1.29 is 0 Å². The molecular formula is C16H31N3S2. The van der Waals surface area contributed by atoms with Crippen LogP contribution in [0.2, 0.25) is 0 Å². The number of aryl methyl sites for hydroxylation is 1. The quantitative estimate of drug-likeness (QED) is 0.701. The molecule has 3 nitrogen and oxygen atoms in total. The van der Waals surface area contributed by atoms with E-state index in [0.717, 1.165) is 19.5 Å². The lowest BCUT2D eigenvalue weighted by Crippen LogP contribution is -2.29.